The molecule has 1 unspecified atom stereocenters. The molecule has 1 atom stereocenters. The molecule has 5 heteroatoms. The van der Waals surface area contributed by atoms with Gasteiger partial charge in [0.05, 0.1) is 6.04 Å². The summed E-state index contributed by atoms with van der Waals surface area (Å²) in [5, 5.41) is 7.10. The van der Waals surface area contributed by atoms with Crippen LogP contribution in [0, 0.1) is 0 Å². The predicted octanol–water partition coefficient (Wildman–Crippen LogP) is 3.70. The molecule has 1 heterocycles. The van der Waals surface area contributed by atoms with Crippen LogP contribution >= 0.6 is 11.5 Å². The van der Waals surface area contributed by atoms with Crippen molar-refractivity contribution >= 4 is 17.4 Å². The number of rotatable bonds is 4. The van der Waals surface area contributed by atoms with Gasteiger partial charge >= 0.3 is 0 Å². The van der Waals surface area contributed by atoms with Crippen LogP contribution in [0.4, 0.5) is 0 Å². The number of hydrogen-bond donors (Lipinski definition) is 1. The predicted molar refractivity (Wildman–Crippen MR) is 87.7 cm³/mol. The summed E-state index contributed by atoms with van der Waals surface area (Å²) in [6.07, 6.45) is 0. The lowest BCUT2D eigenvalue weighted by atomic mass is 10.1. The molecular formula is C17H15N3OS. The van der Waals surface area contributed by atoms with Crippen LogP contribution in [0.1, 0.15) is 28.2 Å². The van der Waals surface area contributed by atoms with Crippen molar-refractivity contribution < 1.29 is 4.79 Å². The summed E-state index contributed by atoms with van der Waals surface area (Å²) < 4.78 is 3.93. The highest BCUT2D eigenvalue weighted by molar-refractivity contribution is 7.08. The highest BCUT2D eigenvalue weighted by atomic mass is 32.1. The minimum absolute atomic E-state index is 0.0700. The molecule has 0 aliphatic rings. The van der Waals surface area contributed by atoms with Gasteiger partial charge in [0, 0.05) is 5.56 Å². The summed E-state index contributed by atoms with van der Waals surface area (Å²) in [6, 6.07) is 19.4. The summed E-state index contributed by atoms with van der Waals surface area (Å²) in [5.74, 6) is -0.148. The van der Waals surface area contributed by atoms with Gasteiger partial charge in [-0.05, 0) is 24.0 Å². The summed E-state index contributed by atoms with van der Waals surface area (Å²) in [5.41, 5.74) is 2.59. The topological polar surface area (TPSA) is 54.9 Å². The standard InChI is InChI=1S/C17H15N3OS/c1-12(13-8-4-2-5-9-13)18-17(21)16-15(19-20-22-16)14-10-6-3-7-11-14/h2-12H,1H3,(H,18,21). The van der Waals surface area contributed by atoms with Crippen molar-refractivity contribution in [2.24, 2.45) is 0 Å². The van der Waals surface area contributed by atoms with Crippen LogP contribution in [-0.4, -0.2) is 15.5 Å². The van der Waals surface area contributed by atoms with E-state index in [1.807, 2.05) is 67.6 Å². The molecule has 1 aromatic heterocycles. The number of carbonyl (C=O) groups excluding carboxylic acids is 1. The Bertz CT molecular complexity index is 756. The van der Waals surface area contributed by atoms with Gasteiger partial charge in [0.2, 0.25) is 0 Å². The van der Waals surface area contributed by atoms with Crippen molar-refractivity contribution in [3.05, 3.63) is 71.1 Å². The average Bonchev–Trinajstić information content (AvgIpc) is 3.06. The fourth-order valence-corrected chi connectivity index (χ4v) is 2.80. The van der Waals surface area contributed by atoms with Crippen LogP contribution in [0.2, 0.25) is 0 Å². The molecular weight excluding hydrogens is 294 g/mol. The summed E-state index contributed by atoms with van der Waals surface area (Å²) in [7, 11) is 0. The SMILES string of the molecule is CC(NC(=O)c1snnc1-c1ccccc1)c1ccccc1. The zero-order valence-electron chi connectivity index (χ0n) is 12.1. The van der Waals surface area contributed by atoms with Crippen LogP contribution in [0.25, 0.3) is 11.3 Å². The fraction of sp³-hybridized carbons (Fsp3) is 0.118. The third-order valence-electron chi connectivity index (χ3n) is 3.39. The van der Waals surface area contributed by atoms with Gasteiger partial charge in [0.15, 0.2) is 0 Å². The number of aromatic nitrogens is 2. The van der Waals surface area contributed by atoms with E-state index < -0.39 is 0 Å². The number of nitrogens with zero attached hydrogens (tertiary/aromatic N) is 2. The van der Waals surface area contributed by atoms with Gasteiger partial charge in [-0.1, -0.05) is 65.2 Å². The molecule has 0 saturated carbocycles. The third-order valence-corrected chi connectivity index (χ3v) is 4.11. The van der Waals surface area contributed by atoms with E-state index in [-0.39, 0.29) is 11.9 Å². The van der Waals surface area contributed by atoms with Crippen LogP contribution in [0.3, 0.4) is 0 Å². The Morgan fingerprint density at radius 3 is 2.36 bits per heavy atom. The lowest BCUT2D eigenvalue weighted by Crippen LogP contribution is -2.26. The fourth-order valence-electron chi connectivity index (χ4n) is 2.21. The van der Waals surface area contributed by atoms with Gasteiger partial charge < -0.3 is 5.32 Å². The van der Waals surface area contributed by atoms with Gasteiger partial charge in [-0.15, -0.1) is 5.10 Å². The molecule has 0 saturated heterocycles. The van der Waals surface area contributed by atoms with Crippen molar-refractivity contribution in [1.82, 2.24) is 14.9 Å². The Balaban J connectivity index is 1.81. The van der Waals surface area contributed by atoms with E-state index in [0.29, 0.717) is 10.6 Å². The molecule has 1 N–H and O–H groups in total. The maximum Gasteiger partial charge on any atom is 0.265 e. The summed E-state index contributed by atoms with van der Waals surface area (Å²) in [4.78, 5) is 13.0. The lowest BCUT2D eigenvalue weighted by Gasteiger charge is -2.13. The first-order valence-electron chi connectivity index (χ1n) is 6.99. The molecule has 0 radical (unpaired) electrons. The normalized spacial score (nSPS) is 11.9. The smallest absolute Gasteiger partial charge is 0.265 e. The van der Waals surface area contributed by atoms with Crippen LogP contribution < -0.4 is 5.32 Å². The van der Waals surface area contributed by atoms with E-state index in [2.05, 4.69) is 14.9 Å². The Morgan fingerprint density at radius 1 is 1.05 bits per heavy atom. The highest BCUT2D eigenvalue weighted by Gasteiger charge is 2.19. The minimum atomic E-state index is -0.148. The second-order valence-corrected chi connectivity index (χ2v) is 5.68. The largest absolute Gasteiger partial charge is 0.345 e. The molecule has 0 spiro atoms. The number of benzene rings is 2. The van der Waals surface area contributed by atoms with Gasteiger partial charge in [0.1, 0.15) is 10.6 Å². The maximum absolute atomic E-state index is 12.5. The first-order chi connectivity index (χ1) is 10.8. The quantitative estimate of drug-likeness (QED) is 0.799. The number of nitrogens with one attached hydrogen (secondary N) is 1. The van der Waals surface area contributed by atoms with Gasteiger partial charge in [0.25, 0.3) is 5.91 Å². The second-order valence-electron chi connectivity index (χ2n) is 4.92. The van der Waals surface area contributed by atoms with Gasteiger partial charge in [-0.3, -0.25) is 4.79 Å². The summed E-state index contributed by atoms with van der Waals surface area (Å²) >= 11 is 1.12. The van der Waals surface area contributed by atoms with Crippen molar-refractivity contribution in [2.75, 3.05) is 0 Å². The van der Waals surface area contributed by atoms with Gasteiger partial charge in [-0.2, -0.15) is 0 Å². The molecule has 110 valence electrons. The van der Waals surface area contributed by atoms with E-state index in [9.17, 15) is 4.79 Å². The van der Waals surface area contributed by atoms with E-state index in [0.717, 1.165) is 22.7 Å². The first-order valence-corrected chi connectivity index (χ1v) is 7.76. The van der Waals surface area contributed by atoms with Crippen molar-refractivity contribution in [3.63, 3.8) is 0 Å². The molecule has 1 amide bonds. The molecule has 2 aromatic carbocycles. The molecule has 0 aliphatic heterocycles. The average molecular weight is 309 g/mol. The monoisotopic (exact) mass is 309 g/mol. The summed E-state index contributed by atoms with van der Waals surface area (Å²) in [6.45, 7) is 1.96. The van der Waals surface area contributed by atoms with Gasteiger partial charge in [-0.25, -0.2) is 0 Å². The molecule has 3 rings (SSSR count). The van der Waals surface area contributed by atoms with Crippen LogP contribution in [0.5, 0.6) is 0 Å². The van der Waals surface area contributed by atoms with E-state index >= 15 is 0 Å². The highest BCUT2D eigenvalue weighted by Crippen LogP contribution is 2.24. The molecule has 4 nitrogen and oxygen atoms in total. The number of carbonyl (C=O) groups is 1. The minimum Gasteiger partial charge on any atom is -0.345 e. The zero-order chi connectivity index (χ0) is 15.4. The molecule has 0 fully saturated rings. The van der Waals surface area contributed by atoms with E-state index in [4.69, 9.17) is 0 Å². The first kappa shape index (κ1) is 14.4. The van der Waals surface area contributed by atoms with Crippen LogP contribution in [-0.2, 0) is 0 Å². The Labute approximate surface area is 133 Å². The Hall–Kier alpha value is -2.53. The third kappa shape index (κ3) is 3.04. The zero-order valence-corrected chi connectivity index (χ0v) is 12.9. The van der Waals surface area contributed by atoms with Crippen molar-refractivity contribution in [1.29, 1.82) is 0 Å². The molecule has 0 aliphatic carbocycles. The molecule has 22 heavy (non-hydrogen) atoms. The Kier molecular flexibility index (Phi) is 4.25. The van der Waals surface area contributed by atoms with Crippen molar-refractivity contribution in [2.45, 2.75) is 13.0 Å². The second kappa shape index (κ2) is 6.49. The van der Waals surface area contributed by atoms with Crippen LogP contribution in [0.15, 0.2) is 60.7 Å². The molecule has 3 aromatic rings. The Morgan fingerprint density at radius 2 is 1.68 bits per heavy atom. The number of amides is 1. The van der Waals surface area contributed by atoms with E-state index in [1.54, 1.807) is 0 Å². The lowest BCUT2D eigenvalue weighted by molar-refractivity contribution is 0.0944. The van der Waals surface area contributed by atoms with Crippen molar-refractivity contribution in [3.8, 4) is 11.3 Å². The maximum atomic E-state index is 12.5. The molecule has 0 bridgehead atoms. The van der Waals surface area contributed by atoms with E-state index in [1.165, 1.54) is 0 Å². The number of hydrogen-bond acceptors (Lipinski definition) is 4.